The van der Waals surface area contributed by atoms with Crippen molar-refractivity contribution in [1.82, 2.24) is 14.7 Å². The van der Waals surface area contributed by atoms with Crippen LogP contribution in [0.3, 0.4) is 0 Å². The van der Waals surface area contributed by atoms with Gasteiger partial charge < -0.3 is 15.4 Å². The highest BCUT2D eigenvalue weighted by Crippen LogP contribution is 2.14. The minimum absolute atomic E-state index is 0.0608. The number of halogens is 1. The molecule has 2 aromatic carbocycles. The number of carbonyl (C=O) groups excluding carboxylic acids is 3. The van der Waals surface area contributed by atoms with Gasteiger partial charge in [0.15, 0.2) is 6.61 Å². The minimum Gasteiger partial charge on any atom is -0.454 e. The van der Waals surface area contributed by atoms with E-state index in [1.165, 1.54) is 22.9 Å². The summed E-state index contributed by atoms with van der Waals surface area (Å²) < 4.78 is 22.0. The van der Waals surface area contributed by atoms with Crippen molar-refractivity contribution < 1.29 is 23.5 Å². The Hall–Kier alpha value is -4.21. The van der Waals surface area contributed by atoms with Crippen LogP contribution in [0.5, 0.6) is 0 Å². The number of hydrogen-bond acceptors (Lipinski definition) is 5. The number of carbonyl (C=O) groups is 3. The minimum atomic E-state index is -1.11. The fourth-order valence-corrected chi connectivity index (χ4v) is 3.48. The van der Waals surface area contributed by atoms with Crippen LogP contribution in [-0.2, 0) is 21.4 Å². The number of rotatable bonds is 8. The van der Waals surface area contributed by atoms with Gasteiger partial charge in [0.1, 0.15) is 17.5 Å². The Bertz CT molecular complexity index is 1300. The summed E-state index contributed by atoms with van der Waals surface area (Å²) in [7, 11) is 1.69. The number of hydrogen-bond donors (Lipinski definition) is 2. The van der Waals surface area contributed by atoms with E-state index >= 15 is 0 Å². The Kier molecular flexibility index (Phi) is 7.85. The Labute approximate surface area is 201 Å². The van der Waals surface area contributed by atoms with Crippen molar-refractivity contribution in [3.63, 3.8) is 0 Å². The smallest absolute Gasteiger partial charge is 0.329 e. The number of aromatic nitrogens is 2. The molecule has 0 saturated carbocycles. The zero-order chi connectivity index (χ0) is 25.7. The predicted octanol–water partition coefficient (Wildman–Crippen LogP) is 2.56. The fourth-order valence-electron chi connectivity index (χ4n) is 3.48. The van der Waals surface area contributed by atoms with E-state index in [1.807, 2.05) is 6.07 Å². The van der Waals surface area contributed by atoms with Crippen molar-refractivity contribution in [2.45, 2.75) is 26.8 Å². The van der Waals surface area contributed by atoms with Crippen molar-refractivity contribution in [3.05, 3.63) is 82.0 Å². The average molecular weight is 483 g/mol. The normalized spacial score (nSPS) is 11.7. The van der Waals surface area contributed by atoms with E-state index in [1.54, 1.807) is 56.8 Å². The standard InChI is InChI=1S/C25H27FN4O5/c1-15(2)21(28-23(32)18-12-8-9-13-19(18)26)25(34)35-14-20(31)27-22-16(3)29(4)30(24(22)33)17-10-6-5-7-11-17/h5-13,15,21H,14H2,1-4H3,(H,27,31)(H,28,32)/t21-/m0/s1. The van der Waals surface area contributed by atoms with Crippen LogP contribution in [0.25, 0.3) is 5.69 Å². The molecule has 0 aliphatic carbocycles. The highest BCUT2D eigenvalue weighted by Gasteiger charge is 2.28. The second-order valence-corrected chi connectivity index (χ2v) is 8.27. The lowest BCUT2D eigenvalue weighted by Gasteiger charge is -2.21. The van der Waals surface area contributed by atoms with Crippen molar-refractivity contribution >= 4 is 23.5 Å². The molecule has 2 amide bonds. The van der Waals surface area contributed by atoms with Crippen LogP contribution in [0.2, 0.25) is 0 Å². The molecule has 10 heteroatoms. The molecule has 0 aliphatic heterocycles. The zero-order valence-electron chi connectivity index (χ0n) is 19.9. The second-order valence-electron chi connectivity index (χ2n) is 8.27. The summed E-state index contributed by atoms with van der Waals surface area (Å²) >= 11 is 0. The number of nitrogens with one attached hydrogen (secondary N) is 2. The van der Waals surface area contributed by atoms with Gasteiger partial charge in [0, 0.05) is 7.05 Å². The molecule has 0 aliphatic rings. The largest absolute Gasteiger partial charge is 0.454 e. The monoisotopic (exact) mass is 482 g/mol. The third-order valence-electron chi connectivity index (χ3n) is 5.49. The molecule has 1 atom stereocenters. The van der Waals surface area contributed by atoms with Gasteiger partial charge in [-0.05, 0) is 37.1 Å². The first-order chi connectivity index (χ1) is 16.6. The van der Waals surface area contributed by atoms with Crippen molar-refractivity contribution in [2.75, 3.05) is 11.9 Å². The Morgan fingerprint density at radius 1 is 1.03 bits per heavy atom. The van der Waals surface area contributed by atoms with Crippen LogP contribution < -0.4 is 16.2 Å². The summed E-state index contributed by atoms with van der Waals surface area (Å²) in [6, 6.07) is 13.2. The maximum atomic E-state index is 13.9. The van der Waals surface area contributed by atoms with Crippen LogP contribution in [0, 0.1) is 18.7 Å². The molecule has 0 spiro atoms. The summed E-state index contributed by atoms with van der Waals surface area (Å²) in [6.45, 7) is 4.35. The van der Waals surface area contributed by atoms with Crippen LogP contribution in [0.15, 0.2) is 59.4 Å². The highest BCUT2D eigenvalue weighted by molar-refractivity contribution is 5.98. The molecule has 3 rings (SSSR count). The van der Waals surface area contributed by atoms with Gasteiger partial charge in [0.2, 0.25) is 0 Å². The van der Waals surface area contributed by atoms with Crippen molar-refractivity contribution in [2.24, 2.45) is 13.0 Å². The number of nitrogens with zero attached hydrogens (tertiary/aromatic N) is 2. The number of benzene rings is 2. The molecular weight excluding hydrogens is 455 g/mol. The topological polar surface area (TPSA) is 111 Å². The maximum Gasteiger partial charge on any atom is 0.329 e. The molecule has 1 heterocycles. The Morgan fingerprint density at radius 2 is 1.66 bits per heavy atom. The maximum absolute atomic E-state index is 13.9. The Morgan fingerprint density at radius 3 is 2.29 bits per heavy atom. The zero-order valence-corrected chi connectivity index (χ0v) is 19.9. The lowest BCUT2D eigenvalue weighted by Crippen LogP contribution is -2.46. The third-order valence-corrected chi connectivity index (χ3v) is 5.49. The quantitative estimate of drug-likeness (QED) is 0.480. The number of esters is 1. The number of anilines is 1. The van der Waals surface area contributed by atoms with Gasteiger partial charge in [-0.3, -0.25) is 19.1 Å². The molecule has 9 nitrogen and oxygen atoms in total. The number of ether oxygens (including phenoxy) is 1. The fraction of sp³-hybridized carbons (Fsp3) is 0.280. The molecule has 184 valence electrons. The molecule has 1 aromatic heterocycles. The predicted molar refractivity (Wildman–Crippen MR) is 128 cm³/mol. The van der Waals surface area contributed by atoms with Crippen LogP contribution >= 0.6 is 0 Å². The van der Waals surface area contributed by atoms with Gasteiger partial charge in [-0.1, -0.05) is 44.2 Å². The van der Waals surface area contributed by atoms with Gasteiger partial charge in [-0.15, -0.1) is 0 Å². The summed E-state index contributed by atoms with van der Waals surface area (Å²) in [5.41, 5.74) is 0.549. The summed E-state index contributed by atoms with van der Waals surface area (Å²) in [6.07, 6.45) is 0. The molecular formula is C25H27FN4O5. The SMILES string of the molecule is Cc1c(NC(=O)COC(=O)[C@@H](NC(=O)c2ccccc2F)C(C)C)c(=O)n(-c2ccccc2)n1C. The van der Waals surface area contributed by atoms with Crippen molar-refractivity contribution in [3.8, 4) is 5.69 Å². The first kappa shape index (κ1) is 25.4. The first-order valence-electron chi connectivity index (χ1n) is 11.0. The second kappa shape index (κ2) is 10.8. The van der Waals surface area contributed by atoms with E-state index in [0.717, 1.165) is 6.07 Å². The average Bonchev–Trinajstić information content (AvgIpc) is 3.04. The van der Waals surface area contributed by atoms with Crippen LogP contribution in [0.4, 0.5) is 10.1 Å². The van der Waals surface area contributed by atoms with Crippen molar-refractivity contribution in [1.29, 1.82) is 0 Å². The number of para-hydroxylation sites is 1. The molecule has 0 saturated heterocycles. The van der Waals surface area contributed by atoms with E-state index in [4.69, 9.17) is 4.74 Å². The molecule has 35 heavy (non-hydrogen) atoms. The van der Waals surface area contributed by atoms with Gasteiger partial charge in [0.25, 0.3) is 17.4 Å². The molecule has 0 fully saturated rings. The summed E-state index contributed by atoms with van der Waals surface area (Å²) in [5, 5.41) is 4.95. The van der Waals surface area contributed by atoms with Crippen LogP contribution in [0.1, 0.15) is 29.9 Å². The van der Waals surface area contributed by atoms with E-state index in [-0.39, 0.29) is 11.3 Å². The van der Waals surface area contributed by atoms with Gasteiger partial charge in [-0.25, -0.2) is 13.9 Å². The lowest BCUT2D eigenvalue weighted by atomic mass is 10.0. The van der Waals surface area contributed by atoms with E-state index < -0.39 is 47.7 Å². The van der Waals surface area contributed by atoms with Gasteiger partial charge in [-0.2, -0.15) is 0 Å². The molecule has 0 unspecified atom stereocenters. The highest BCUT2D eigenvalue weighted by atomic mass is 19.1. The van der Waals surface area contributed by atoms with Gasteiger partial charge in [0.05, 0.1) is 16.9 Å². The van der Waals surface area contributed by atoms with E-state index in [0.29, 0.717) is 11.4 Å². The summed E-state index contributed by atoms with van der Waals surface area (Å²) in [5.74, 6) is -3.46. The van der Waals surface area contributed by atoms with E-state index in [2.05, 4.69) is 10.6 Å². The molecule has 2 N–H and O–H groups in total. The van der Waals surface area contributed by atoms with E-state index in [9.17, 15) is 23.6 Å². The lowest BCUT2D eigenvalue weighted by molar-refractivity contribution is -0.150. The van der Waals surface area contributed by atoms with Crippen LogP contribution in [-0.4, -0.2) is 39.8 Å². The molecule has 0 radical (unpaired) electrons. The van der Waals surface area contributed by atoms with Gasteiger partial charge >= 0.3 is 5.97 Å². The third kappa shape index (κ3) is 5.65. The molecule has 0 bridgehead atoms. The first-order valence-corrected chi connectivity index (χ1v) is 11.0. The number of amides is 2. The Balaban J connectivity index is 1.67. The molecule has 3 aromatic rings. The summed E-state index contributed by atoms with van der Waals surface area (Å²) in [4.78, 5) is 50.4.